The molecule has 5 aliphatic rings. The molecule has 0 spiro atoms. The van der Waals surface area contributed by atoms with Crippen molar-refractivity contribution in [2.75, 3.05) is 6.61 Å². The third-order valence-corrected chi connectivity index (χ3v) is 12.2. The Hall–Kier alpha value is -0.960. The van der Waals surface area contributed by atoms with Crippen LogP contribution in [-0.2, 0) is 9.47 Å². The third kappa shape index (κ3) is 9.26. The molecule has 1 unspecified atom stereocenters. The molecule has 1 atom stereocenters. The maximum atomic E-state index is 6.74. The van der Waals surface area contributed by atoms with E-state index in [1.165, 1.54) is 122 Å². The zero-order chi connectivity index (χ0) is 28.3. The first kappa shape index (κ1) is 31.5. The molecule has 5 fully saturated rings. The average molecular weight is 563 g/mol. The van der Waals surface area contributed by atoms with Crippen LogP contribution in [0.25, 0.3) is 0 Å². The van der Waals surface area contributed by atoms with Gasteiger partial charge in [-0.15, -0.1) is 0 Å². The van der Waals surface area contributed by atoms with Crippen LogP contribution < -0.4 is 0 Å². The summed E-state index contributed by atoms with van der Waals surface area (Å²) < 4.78 is 12.8. The molecule has 230 valence electrons. The minimum atomic E-state index is -0.346. The summed E-state index contributed by atoms with van der Waals surface area (Å²) >= 11 is 0. The second-order valence-electron chi connectivity index (χ2n) is 15.0. The number of hydrogen-bond donors (Lipinski definition) is 0. The average Bonchev–Trinajstić information content (AvgIpc) is 3.02. The second-order valence-corrected chi connectivity index (χ2v) is 15.0. The molecule has 1 saturated heterocycles. The fourth-order valence-electron chi connectivity index (χ4n) is 9.64. The standard InChI is InChI=1S/C39H62O2/c1-3-9-31-13-19-34(20-14-31)35-23-17-33(18-24-35)11-5-7-27-39(41-38-12-6-8-30-40-38)28-25-37(26-29-39)36-21-15-32(10-4-2)16-22-36/h31-38H,3-4,6,8-10,12-26,28-30H2,1-2H3. The van der Waals surface area contributed by atoms with Crippen molar-refractivity contribution in [1.82, 2.24) is 0 Å². The van der Waals surface area contributed by atoms with Crippen LogP contribution in [0.2, 0.25) is 0 Å². The van der Waals surface area contributed by atoms with E-state index in [4.69, 9.17) is 9.47 Å². The van der Waals surface area contributed by atoms with Crippen LogP contribution in [0, 0.1) is 65.1 Å². The first-order valence-corrected chi connectivity index (χ1v) is 18.5. The predicted molar refractivity (Wildman–Crippen MR) is 171 cm³/mol. The highest BCUT2D eigenvalue weighted by atomic mass is 16.7. The van der Waals surface area contributed by atoms with E-state index in [2.05, 4.69) is 37.5 Å². The summed E-state index contributed by atoms with van der Waals surface area (Å²) in [5.41, 5.74) is -0.346. The van der Waals surface area contributed by atoms with Crippen molar-refractivity contribution in [2.24, 2.45) is 41.4 Å². The van der Waals surface area contributed by atoms with E-state index in [9.17, 15) is 0 Å². The van der Waals surface area contributed by atoms with Gasteiger partial charge in [-0.1, -0.05) is 77.1 Å². The molecule has 2 heteroatoms. The highest BCUT2D eigenvalue weighted by molar-refractivity contribution is 5.31. The van der Waals surface area contributed by atoms with E-state index in [-0.39, 0.29) is 11.9 Å². The molecule has 0 aromatic heterocycles. The second kappa shape index (κ2) is 16.2. The highest BCUT2D eigenvalue weighted by Crippen LogP contribution is 2.45. The first-order chi connectivity index (χ1) is 20.2. The largest absolute Gasteiger partial charge is 0.353 e. The molecule has 0 aromatic rings. The minimum absolute atomic E-state index is 0.0700. The molecule has 0 amide bonds. The quantitative estimate of drug-likeness (QED) is 0.274. The Morgan fingerprint density at radius 2 is 1.15 bits per heavy atom. The number of hydrogen-bond acceptors (Lipinski definition) is 2. The maximum absolute atomic E-state index is 6.74. The zero-order valence-electron chi connectivity index (χ0n) is 26.9. The van der Waals surface area contributed by atoms with Gasteiger partial charge in [0.05, 0.1) is 0 Å². The van der Waals surface area contributed by atoms with Gasteiger partial charge in [0.2, 0.25) is 0 Å². The van der Waals surface area contributed by atoms with Gasteiger partial charge in [0, 0.05) is 12.5 Å². The SMILES string of the molecule is CCCC1CCC(C2CCC(C#CC#CC3(OC4CCCCO4)CCC(C4CCC(CCC)CC4)CC3)CC2)CC1. The van der Waals surface area contributed by atoms with Crippen molar-refractivity contribution in [3.05, 3.63) is 0 Å². The van der Waals surface area contributed by atoms with Crippen LogP contribution in [0.3, 0.4) is 0 Å². The Morgan fingerprint density at radius 3 is 1.66 bits per heavy atom. The van der Waals surface area contributed by atoms with Crippen LogP contribution in [0.4, 0.5) is 0 Å². The topological polar surface area (TPSA) is 18.5 Å². The molecule has 2 nitrogen and oxygen atoms in total. The Labute approximate surface area is 254 Å². The van der Waals surface area contributed by atoms with E-state index in [0.717, 1.165) is 67.8 Å². The van der Waals surface area contributed by atoms with E-state index < -0.39 is 0 Å². The highest BCUT2D eigenvalue weighted by Gasteiger charge is 2.40. The number of ether oxygens (including phenoxy) is 2. The minimum Gasteiger partial charge on any atom is -0.353 e. The molecule has 0 aromatic carbocycles. The Bertz CT molecular complexity index is 862. The summed E-state index contributed by atoms with van der Waals surface area (Å²) in [7, 11) is 0. The van der Waals surface area contributed by atoms with Crippen molar-refractivity contribution >= 4 is 0 Å². The molecule has 0 bridgehead atoms. The summed E-state index contributed by atoms with van der Waals surface area (Å²) in [6.45, 7) is 5.53. The molecule has 4 aliphatic carbocycles. The van der Waals surface area contributed by atoms with Gasteiger partial charge in [-0.05, 0) is 144 Å². The summed E-state index contributed by atoms with van der Waals surface area (Å²) in [4.78, 5) is 0. The van der Waals surface area contributed by atoms with Crippen LogP contribution in [0.5, 0.6) is 0 Å². The fourth-order valence-corrected chi connectivity index (χ4v) is 9.64. The molecular weight excluding hydrogens is 500 g/mol. The van der Waals surface area contributed by atoms with Gasteiger partial charge >= 0.3 is 0 Å². The van der Waals surface area contributed by atoms with Gasteiger partial charge in [-0.3, -0.25) is 0 Å². The molecule has 5 rings (SSSR count). The van der Waals surface area contributed by atoms with Crippen LogP contribution in [-0.4, -0.2) is 18.5 Å². The van der Waals surface area contributed by atoms with Gasteiger partial charge in [-0.25, -0.2) is 0 Å². The zero-order valence-corrected chi connectivity index (χ0v) is 26.9. The van der Waals surface area contributed by atoms with Crippen LogP contribution in [0.15, 0.2) is 0 Å². The van der Waals surface area contributed by atoms with Gasteiger partial charge in [-0.2, -0.15) is 0 Å². The van der Waals surface area contributed by atoms with Gasteiger partial charge in [0.1, 0.15) is 5.60 Å². The molecule has 41 heavy (non-hydrogen) atoms. The molecule has 4 saturated carbocycles. The van der Waals surface area contributed by atoms with Crippen molar-refractivity contribution in [3.63, 3.8) is 0 Å². The van der Waals surface area contributed by atoms with Crippen LogP contribution >= 0.6 is 0 Å². The van der Waals surface area contributed by atoms with Crippen molar-refractivity contribution in [1.29, 1.82) is 0 Å². The lowest BCUT2D eigenvalue weighted by molar-refractivity contribution is -0.217. The molecule has 1 aliphatic heterocycles. The van der Waals surface area contributed by atoms with Crippen molar-refractivity contribution in [3.8, 4) is 23.7 Å². The lowest BCUT2D eigenvalue weighted by Crippen LogP contribution is -2.42. The van der Waals surface area contributed by atoms with Crippen molar-refractivity contribution in [2.45, 2.75) is 173 Å². The predicted octanol–water partition coefficient (Wildman–Crippen LogP) is 10.5. The molecular formula is C39H62O2. The summed E-state index contributed by atoms with van der Waals surface area (Å²) in [6.07, 6.45) is 30.7. The first-order valence-electron chi connectivity index (χ1n) is 18.5. The van der Waals surface area contributed by atoms with Crippen LogP contribution in [0.1, 0.15) is 162 Å². The van der Waals surface area contributed by atoms with E-state index in [0.29, 0.717) is 5.92 Å². The Morgan fingerprint density at radius 1 is 0.610 bits per heavy atom. The fraction of sp³-hybridized carbons (Fsp3) is 0.897. The lowest BCUT2D eigenvalue weighted by atomic mass is 9.67. The smallest absolute Gasteiger partial charge is 0.159 e. The summed E-state index contributed by atoms with van der Waals surface area (Å²) in [6, 6.07) is 0. The molecule has 0 N–H and O–H groups in total. The maximum Gasteiger partial charge on any atom is 0.159 e. The monoisotopic (exact) mass is 562 g/mol. The normalized spacial score (nSPS) is 40.0. The number of rotatable bonds is 8. The van der Waals surface area contributed by atoms with Gasteiger partial charge in [0.25, 0.3) is 0 Å². The van der Waals surface area contributed by atoms with E-state index >= 15 is 0 Å². The van der Waals surface area contributed by atoms with E-state index in [1.54, 1.807) is 0 Å². The lowest BCUT2D eigenvalue weighted by Gasteiger charge is -2.42. The molecule has 1 heterocycles. The Balaban J connectivity index is 1.11. The van der Waals surface area contributed by atoms with E-state index in [1.807, 2.05) is 0 Å². The third-order valence-electron chi connectivity index (χ3n) is 12.2. The van der Waals surface area contributed by atoms with Gasteiger partial charge < -0.3 is 9.47 Å². The van der Waals surface area contributed by atoms with Crippen molar-refractivity contribution < 1.29 is 9.47 Å². The van der Waals surface area contributed by atoms with Gasteiger partial charge in [0.15, 0.2) is 6.29 Å². The Kier molecular flexibility index (Phi) is 12.4. The molecule has 0 radical (unpaired) electrons. The summed E-state index contributed by atoms with van der Waals surface area (Å²) in [5, 5.41) is 0. The summed E-state index contributed by atoms with van der Waals surface area (Å²) in [5.74, 6) is 20.2.